The topological polar surface area (TPSA) is 78.0 Å². The second kappa shape index (κ2) is 4.86. The number of halogens is 2. The number of nitrogen functional groups attached to an aromatic ring is 1. The summed E-state index contributed by atoms with van der Waals surface area (Å²) in [7, 11) is -1.82. The molecule has 108 valence electrons. The summed E-state index contributed by atoms with van der Waals surface area (Å²) in [6.07, 6.45) is 1.05. The largest absolute Gasteiger partial charge is 0.383 e. The van der Waals surface area contributed by atoms with Crippen molar-refractivity contribution < 1.29 is 17.2 Å². The van der Waals surface area contributed by atoms with Crippen molar-refractivity contribution in [1.29, 1.82) is 0 Å². The van der Waals surface area contributed by atoms with E-state index in [9.17, 15) is 17.2 Å². The smallest absolute Gasteiger partial charge is 0.153 e. The first kappa shape index (κ1) is 14.4. The van der Waals surface area contributed by atoms with Crippen LogP contribution in [0.1, 0.15) is 5.69 Å². The molecule has 0 bridgehead atoms. The van der Waals surface area contributed by atoms with Crippen LogP contribution in [-0.4, -0.2) is 24.5 Å². The molecule has 0 atom stereocenters. The van der Waals surface area contributed by atoms with Crippen LogP contribution in [0.4, 0.5) is 14.6 Å². The van der Waals surface area contributed by atoms with Gasteiger partial charge in [0.1, 0.15) is 17.5 Å². The Bertz CT molecular complexity index is 749. The fourth-order valence-electron chi connectivity index (χ4n) is 1.96. The molecule has 0 aliphatic carbocycles. The van der Waals surface area contributed by atoms with Crippen LogP contribution in [0, 0.1) is 11.6 Å². The van der Waals surface area contributed by atoms with E-state index in [1.165, 1.54) is 11.7 Å². The number of nitrogens with two attached hydrogens (primary N) is 1. The van der Waals surface area contributed by atoms with Crippen LogP contribution in [-0.2, 0) is 22.6 Å². The highest BCUT2D eigenvalue weighted by atomic mass is 32.2. The third-order valence-electron chi connectivity index (χ3n) is 2.71. The highest BCUT2D eigenvalue weighted by Gasteiger charge is 2.20. The predicted octanol–water partition coefficient (Wildman–Crippen LogP) is 1.49. The lowest BCUT2D eigenvalue weighted by atomic mass is 10.1. The number of aryl methyl sites for hydroxylation is 1. The minimum atomic E-state index is -3.35. The summed E-state index contributed by atoms with van der Waals surface area (Å²) < 4.78 is 50.7. The molecular formula is C12H13F2N3O2S. The fourth-order valence-corrected chi connectivity index (χ4v) is 2.66. The molecule has 0 amide bonds. The van der Waals surface area contributed by atoms with Crippen LogP contribution in [0.15, 0.2) is 18.2 Å². The molecule has 0 aliphatic heterocycles. The Morgan fingerprint density at radius 2 is 1.80 bits per heavy atom. The zero-order valence-electron chi connectivity index (χ0n) is 10.9. The van der Waals surface area contributed by atoms with E-state index in [2.05, 4.69) is 5.10 Å². The third-order valence-corrected chi connectivity index (χ3v) is 3.51. The van der Waals surface area contributed by atoms with E-state index in [1.54, 1.807) is 0 Å². The maximum absolute atomic E-state index is 13.3. The Balaban J connectivity index is 2.66. The number of hydrogen-bond acceptors (Lipinski definition) is 4. The Hall–Kier alpha value is -1.96. The maximum atomic E-state index is 13.3. The molecule has 0 spiro atoms. The van der Waals surface area contributed by atoms with Gasteiger partial charge in [0.05, 0.1) is 11.4 Å². The van der Waals surface area contributed by atoms with Crippen LogP contribution < -0.4 is 5.73 Å². The summed E-state index contributed by atoms with van der Waals surface area (Å²) in [6, 6.07) is 2.90. The lowest BCUT2D eigenvalue weighted by Gasteiger charge is -2.04. The van der Waals surface area contributed by atoms with Crippen LogP contribution in [0.2, 0.25) is 0 Å². The summed E-state index contributed by atoms with van der Waals surface area (Å²) in [5, 5.41) is 4.00. The molecule has 1 aromatic carbocycles. The van der Waals surface area contributed by atoms with Gasteiger partial charge in [-0.3, -0.25) is 4.68 Å². The van der Waals surface area contributed by atoms with Crippen LogP contribution in [0.3, 0.4) is 0 Å². The molecule has 0 radical (unpaired) electrons. The zero-order valence-corrected chi connectivity index (χ0v) is 11.7. The predicted molar refractivity (Wildman–Crippen MR) is 71.5 cm³/mol. The van der Waals surface area contributed by atoms with Crippen molar-refractivity contribution in [2.75, 3.05) is 12.0 Å². The van der Waals surface area contributed by atoms with Gasteiger partial charge in [-0.25, -0.2) is 17.2 Å². The SMILES string of the molecule is Cn1nc(CS(C)(=O)=O)c(-c2cc(F)cc(F)c2)c1N. The van der Waals surface area contributed by atoms with E-state index >= 15 is 0 Å². The molecule has 2 aromatic rings. The van der Waals surface area contributed by atoms with Crippen molar-refractivity contribution in [2.24, 2.45) is 7.05 Å². The lowest BCUT2D eigenvalue weighted by molar-refractivity contribution is 0.584. The molecule has 20 heavy (non-hydrogen) atoms. The molecule has 8 heteroatoms. The van der Waals surface area contributed by atoms with Crippen molar-refractivity contribution in [1.82, 2.24) is 9.78 Å². The van der Waals surface area contributed by atoms with Gasteiger partial charge in [0.15, 0.2) is 9.84 Å². The monoisotopic (exact) mass is 301 g/mol. The lowest BCUT2D eigenvalue weighted by Crippen LogP contribution is -2.03. The number of aromatic nitrogens is 2. The molecule has 2 N–H and O–H groups in total. The number of anilines is 1. The van der Waals surface area contributed by atoms with Crippen molar-refractivity contribution in [3.05, 3.63) is 35.5 Å². The Kier molecular flexibility index (Phi) is 3.51. The summed E-state index contributed by atoms with van der Waals surface area (Å²) in [5.74, 6) is -1.75. The van der Waals surface area contributed by atoms with Crippen LogP contribution in [0.5, 0.6) is 0 Å². The van der Waals surface area contributed by atoms with Gasteiger partial charge in [0.2, 0.25) is 0 Å². The Morgan fingerprint density at radius 3 is 2.30 bits per heavy atom. The highest BCUT2D eigenvalue weighted by molar-refractivity contribution is 7.89. The van der Waals surface area contributed by atoms with E-state index in [-0.39, 0.29) is 28.4 Å². The molecule has 0 fully saturated rings. The van der Waals surface area contributed by atoms with Crippen molar-refractivity contribution in [2.45, 2.75) is 5.75 Å². The standard InChI is InChI=1S/C12H13F2N3O2S/c1-17-12(15)11(10(16-17)6-20(2,18)19)7-3-8(13)5-9(14)4-7/h3-5H,6,15H2,1-2H3. The van der Waals surface area contributed by atoms with Gasteiger partial charge in [-0.1, -0.05) is 0 Å². The summed E-state index contributed by atoms with van der Waals surface area (Å²) >= 11 is 0. The molecule has 5 nitrogen and oxygen atoms in total. The van der Waals surface area contributed by atoms with Gasteiger partial charge in [0.25, 0.3) is 0 Å². The zero-order chi connectivity index (χ0) is 15.1. The van der Waals surface area contributed by atoms with Gasteiger partial charge in [-0.15, -0.1) is 0 Å². The second-order valence-corrected chi connectivity index (χ2v) is 6.70. The molecule has 2 rings (SSSR count). The quantitative estimate of drug-likeness (QED) is 0.931. The van der Waals surface area contributed by atoms with E-state index < -0.39 is 21.5 Å². The van der Waals surface area contributed by atoms with E-state index in [0.717, 1.165) is 24.5 Å². The number of rotatable bonds is 3. The van der Waals surface area contributed by atoms with Gasteiger partial charge in [-0.05, 0) is 17.7 Å². The van der Waals surface area contributed by atoms with Gasteiger partial charge < -0.3 is 5.73 Å². The second-order valence-electron chi connectivity index (χ2n) is 4.56. The molecule has 1 aromatic heterocycles. The normalized spacial score (nSPS) is 11.8. The number of sulfone groups is 1. The third kappa shape index (κ3) is 2.96. The number of hydrogen-bond donors (Lipinski definition) is 1. The molecule has 0 saturated carbocycles. The van der Waals surface area contributed by atoms with Crippen molar-refractivity contribution in [3.8, 4) is 11.1 Å². The average molecular weight is 301 g/mol. The first-order chi connectivity index (χ1) is 9.17. The first-order valence-electron chi connectivity index (χ1n) is 5.63. The first-order valence-corrected chi connectivity index (χ1v) is 7.69. The van der Waals surface area contributed by atoms with Gasteiger partial charge >= 0.3 is 0 Å². The summed E-state index contributed by atoms with van der Waals surface area (Å²) in [4.78, 5) is 0. The Labute approximate surface area is 114 Å². The van der Waals surface area contributed by atoms with Crippen LogP contribution in [0.25, 0.3) is 11.1 Å². The molecule has 0 saturated heterocycles. The molecule has 0 unspecified atom stereocenters. The minimum absolute atomic E-state index is 0.147. The minimum Gasteiger partial charge on any atom is -0.383 e. The fraction of sp³-hybridized carbons (Fsp3) is 0.250. The molecular weight excluding hydrogens is 288 g/mol. The van der Waals surface area contributed by atoms with Gasteiger partial charge in [-0.2, -0.15) is 5.10 Å². The van der Waals surface area contributed by atoms with Crippen molar-refractivity contribution >= 4 is 15.7 Å². The summed E-state index contributed by atoms with van der Waals surface area (Å²) in [6.45, 7) is 0. The van der Waals surface area contributed by atoms with Crippen LogP contribution >= 0.6 is 0 Å². The van der Waals surface area contributed by atoms with Gasteiger partial charge in [0, 0.05) is 24.9 Å². The highest BCUT2D eigenvalue weighted by Crippen LogP contribution is 2.31. The van der Waals surface area contributed by atoms with Crippen molar-refractivity contribution in [3.63, 3.8) is 0 Å². The van der Waals surface area contributed by atoms with E-state index in [4.69, 9.17) is 5.73 Å². The van der Waals surface area contributed by atoms with E-state index in [0.29, 0.717) is 0 Å². The molecule has 0 aliphatic rings. The molecule has 1 heterocycles. The number of nitrogens with zero attached hydrogens (tertiary/aromatic N) is 2. The average Bonchev–Trinajstić information content (AvgIpc) is 2.50. The summed E-state index contributed by atoms with van der Waals surface area (Å²) in [5.41, 5.74) is 6.37. The number of benzene rings is 1. The van der Waals surface area contributed by atoms with E-state index in [1.807, 2.05) is 0 Å². The maximum Gasteiger partial charge on any atom is 0.153 e. The Morgan fingerprint density at radius 1 is 1.25 bits per heavy atom.